The van der Waals surface area contributed by atoms with Gasteiger partial charge in [-0.05, 0) is 59.3 Å². The molecule has 2 heterocycles. The largest absolute Gasteiger partial charge is 0.508 e. The quantitative estimate of drug-likeness (QED) is 0.313. The molecule has 0 saturated heterocycles. The lowest BCUT2D eigenvalue weighted by Gasteiger charge is -2.09. The Balaban J connectivity index is 0.00000109. The first-order valence-electron chi connectivity index (χ1n) is 8.73. The van der Waals surface area contributed by atoms with E-state index in [1.54, 1.807) is 47.9 Å². The summed E-state index contributed by atoms with van der Waals surface area (Å²) >= 11 is 1.57. The summed E-state index contributed by atoms with van der Waals surface area (Å²) in [6.45, 7) is 4.00. The highest BCUT2D eigenvalue weighted by atomic mass is 32.1. The lowest BCUT2D eigenvalue weighted by molar-refractivity contribution is 0.475. The van der Waals surface area contributed by atoms with E-state index in [9.17, 15) is 10.0 Å². The third-order valence-electron chi connectivity index (χ3n) is 3.85. The third kappa shape index (κ3) is 4.19. The summed E-state index contributed by atoms with van der Waals surface area (Å²) in [5, 5.41) is 13.1. The maximum Gasteiger partial charge on any atom is 0.148 e. The number of fused-ring (bicyclic) bond motifs is 1. The topological polar surface area (TPSA) is 71.8 Å². The second-order valence-electron chi connectivity index (χ2n) is 5.60. The molecule has 1 N–H and O–H groups in total. The van der Waals surface area contributed by atoms with Crippen LogP contribution in [0.4, 0.5) is 5.69 Å². The van der Waals surface area contributed by atoms with E-state index in [4.69, 9.17) is 4.74 Å². The molecule has 1 unspecified atom stereocenters. The normalized spacial score (nSPS) is 10.2. The molecule has 0 aliphatic carbocycles. The minimum Gasteiger partial charge on any atom is -0.508 e. The molecular weight excluding hydrogens is 391 g/mol. The molecule has 0 aliphatic heterocycles. The van der Waals surface area contributed by atoms with Crippen molar-refractivity contribution in [2.24, 2.45) is 5.18 Å². The van der Waals surface area contributed by atoms with Gasteiger partial charge in [0.15, 0.2) is 0 Å². The van der Waals surface area contributed by atoms with E-state index < -0.39 is 0 Å². The molecular formula is C21H19N2O3PS. The van der Waals surface area contributed by atoms with Crippen LogP contribution < -0.4 is 10.0 Å². The fourth-order valence-corrected chi connectivity index (χ4v) is 3.96. The van der Waals surface area contributed by atoms with Gasteiger partial charge in [-0.15, -0.1) is 25.5 Å². The molecule has 28 heavy (non-hydrogen) atoms. The average Bonchev–Trinajstić information content (AvgIpc) is 3.17. The summed E-state index contributed by atoms with van der Waals surface area (Å²) in [6.07, 6.45) is 1.70. The molecule has 5 nitrogen and oxygen atoms in total. The van der Waals surface area contributed by atoms with Gasteiger partial charge in [0.25, 0.3) is 0 Å². The number of hydrogen-bond donors (Lipinski definition) is 1. The van der Waals surface area contributed by atoms with E-state index in [2.05, 4.69) is 19.4 Å². The highest BCUT2D eigenvalue weighted by Gasteiger charge is 2.12. The lowest BCUT2D eigenvalue weighted by atomic mass is 10.2. The number of phenols is 1. The van der Waals surface area contributed by atoms with E-state index in [1.165, 1.54) is 0 Å². The van der Waals surface area contributed by atoms with E-state index >= 15 is 0 Å². The van der Waals surface area contributed by atoms with Crippen molar-refractivity contribution in [2.45, 2.75) is 13.8 Å². The van der Waals surface area contributed by atoms with Gasteiger partial charge in [0.2, 0.25) is 0 Å². The smallest absolute Gasteiger partial charge is 0.148 e. The Morgan fingerprint density at radius 1 is 1.04 bits per heavy atom. The Morgan fingerprint density at radius 2 is 1.79 bits per heavy atom. The molecule has 7 heteroatoms. The van der Waals surface area contributed by atoms with Crippen LogP contribution in [0.25, 0.3) is 20.7 Å². The molecule has 0 aliphatic rings. The van der Waals surface area contributed by atoms with Gasteiger partial charge >= 0.3 is 0 Å². The summed E-state index contributed by atoms with van der Waals surface area (Å²) in [4.78, 5) is 16.1. The maximum atomic E-state index is 10.6. The summed E-state index contributed by atoms with van der Waals surface area (Å²) in [5.41, 5.74) is 2.20. The van der Waals surface area contributed by atoms with Crippen molar-refractivity contribution < 1.29 is 9.84 Å². The molecule has 1 atom stereocenters. The number of ether oxygens (including phenoxy) is 1. The SMILES string of the molecule is CC.O=Nc1ccc(Oc2ccnc3cc(-c4ccc(O)cc4)sc23)c(P)c1. The van der Waals surface area contributed by atoms with Crippen LogP contribution in [0.3, 0.4) is 0 Å². The van der Waals surface area contributed by atoms with Crippen LogP contribution in [0, 0.1) is 4.91 Å². The van der Waals surface area contributed by atoms with Gasteiger partial charge in [-0.25, -0.2) is 0 Å². The molecule has 142 valence electrons. The summed E-state index contributed by atoms with van der Waals surface area (Å²) in [7, 11) is 2.55. The Hall–Kier alpha value is -2.82. The van der Waals surface area contributed by atoms with Crippen LogP contribution in [0.5, 0.6) is 17.2 Å². The summed E-state index contributed by atoms with van der Waals surface area (Å²) in [6, 6.07) is 15.9. The van der Waals surface area contributed by atoms with Crippen LogP contribution in [-0.2, 0) is 0 Å². The Kier molecular flexibility index (Phi) is 6.34. The molecule has 4 aromatic rings. The summed E-state index contributed by atoms with van der Waals surface area (Å²) in [5.74, 6) is 1.56. The molecule has 0 amide bonds. The van der Waals surface area contributed by atoms with Crippen molar-refractivity contribution in [2.75, 3.05) is 0 Å². The minimum absolute atomic E-state index is 0.234. The molecule has 2 aromatic heterocycles. The van der Waals surface area contributed by atoms with Gasteiger partial charge in [-0.2, -0.15) is 0 Å². The number of benzene rings is 2. The van der Waals surface area contributed by atoms with Crippen molar-refractivity contribution in [3.63, 3.8) is 0 Å². The van der Waals surface area contributed by atoms with Crippen molar-refractivity contribution in [3.8, 4) is 27.7 Å². The number of pyridine rings is 1. The first kappa shape index (κ1) is 19.9. The number of aromatic nitrogens is 1. The molecule has 0 spiro atoms. The molecule has 4 rings (SSSR count). The van der Waals surface area contributed by atoms with E-state index in [-0.39, 0.29) is 5.75 Å². The van der Waals surface area contributed by atoms with Gasteiger partial charge in [0, 0.05) is 22.4 Å². The number of aromatic hydroxyl groups is 1. The van der Waals surface area contributed by atoms with Crippen molar-refractivity contribution in [3.05, 3.63) is 65.7 Å². The van der Waals surface area contributed by atoms with E-state index in [1.807, 2.05) is 38.1 Å². The van der Waals surface area contributed by atoms with Gasteiger partial charge in [0.05, 0.1) is 10.2 Å². The Morgan fingerprint density at radius 3 is 2.46 bits per heavy atom. The fraction of sp³-hybridized carbons (Fsp3) is 0.0952. The fourth-order valence-electron chi connectivity index (χ4n) is 2.57. The highest BCUT2D eigenvalue weighted by molar-refractivity contribution is 7.27. The van der Waals surface area contributed by atoms with Gasteiger partial charge in [0.1, 0.15) is 22.9 Å². The van der Waals surface area contributed by atoms with Crippen LogP contribution in [0.15, 0.2) is 66.0 Å². The highest BCUT2D eigenvalue weighted by Crippen LogP contribution is 2.39. The predicted molar refractivity (Wildman–Crippen MR) is 119 cm³/mol. The van der Waals surface area contributed by atoms with Crippen LogP contribution in [0.2, 0.25) is 0 Å². The standard InChI is InChI=1S/C19H13N2O3PS.C2H6/c22-13-4-1-11(2-5-13)18-10-14-19(26-18)16(7-8-20-14)24-15-6-3-12(21-23)9-17(15)25;1-2/h1-10,22H,25H2;1-2H3. The van der Waals surface area contributed by atoms with Gasteiger partial charge < -0.3 is 9.84 Å². The predicted octanol–water partition coefficient (Wildman–Crippen LogP) is 6.39. The van der Waals surface area contributed by atoms with Crippen LogP contribution >= 0.6 is 20.6 Å². The van der Waals surface area contributed by atoms with Gasteiger partial charge in [-0.1, -0.05) is 13.8 Å². The monoisotopic (exact) mass is 410 g/mol. The zero-order valence-corrected chi connectivity index (χ0v) is 17.4. The number of hydrogen-bond acceptors (Lipinski definition) is 6. The van der Waals surface area contributed by atoms with Crippen LogP contribution in [0.1, 0.15) is 13.8 Å². The first-order chi connectivity index (χ1) is 13.6. The third-order valence-corrected chi connectivity index (χ3v) is 5.49. The zero-order chi connectivity index (χ0) is 20.1. The number of nitrogens with zero attached hydrogens (tertiary/aromatic N) is 2. The Bertz CT molecular complexity index is 1110. The number of thiophene rings is 1. The lowest BCUT2D eigenvalue weighted by Crippen LogP contribution is -1.97. The summed E-state index contributed by atoms with van der Waals surface area (Å²) < 4.78 is 6.98. The number of nitroso groups, excluding NO2 is 1. The Labute approximate surface area is 169 Å². The molecule has 2 aromatic carbocycles. The second kappa shape index (κ2) is 8.91. The minimum atomic E-state index is 0.234. The zero-order valence-electron chi connectivity index (χ0n) is 15.4. The maximum absolute atomic E-state index is 10.6. The van der Waals surface area contributed by atoms with Gasteiger partial charge in [-0.3, -0.25) is 4.98 Å². The van der Waals surface area contributed by atoms with E-state index in [0.29, 0.717) is 17.2 Å². The van der Waals surface area contributed by atoms with E-state index in [0.717, 1.165) is 26.0 Å². The number of phenolic OH excluding ortho intramolecular Hbond substituents is 1. The average molecular weight is 410 g/mol. The molecule has 0 fully saturated rings. The second-order valence-corrected chi connectivity index (χ2v) is 7.27. The van der Waals surface area contributed by atoms with Crippen LogP contribution in [-0.4, -0.2) is 10.1 Å². The molecule has 0 saturated carbocycles. The van der Waals surface area contributed by atoms with Crippen molar-refractivity contribution >= 4 is 41.8 Å². The molecule has 0 radical (unpaired) electrons. The van der Waals surface area contributed by atoms with Crippen molar-refractivity contribution in [1.82, 2.24) is 4.98 Å². The first-order valence-corrected chi connectivity index (χ1v) is 10.1. The molecule has 0 bridgehead atoms. The number of rotatable bonds is 4. The van der Waals surface area contributed by atoms with Crippen molar-refractivity contribution in [1.29, 1.82) is 0 Å².